The van der Waals surface area contributed by atoms with Crippen molar-refractivity contribution in [3.8, 4) is 0 Å². The van der Waals surface area contributed by atoms with Gasteiger partial charge < -0.3 is 19.8 Å². The first-order valence-electron chi connectivity index (χ1n) is 10.8. The molecule has 0 bridgehead atoms. The lowest BCUT2D eigenvalue weighted by Crippen LogP contribution is -2.57. The van der Waals surface area contributed by atoms with Crippen LogP contribution in [0.4, 0.5) is 26.2 Å². The number of benzene rings is 1. The van der Waals surface area contributed by atoms with Crippen LogP contribution in [-0.4, -0.2) is 61.0 Å². The number of hydrogen-bond donors (Lipinski definition) is 2. The zero-order valence-corrected chi connectivity index (χ0v) is 17.6. The Labute approximate surface area is 179 Å². The number of alkyl halides is 2. The molecule has 0 amide bonds. The lowest BCUT2D eigenvalue weighted by atomic mass is 9.72. The van der Waals surface area contributed by atoms with Crippen molar-refractivity contribution in [2.75, 3.05) is 54.5 Å². The molecular weight excluding hydrogens is 404 g/mol. The number of aromatic nitrogens is 2. The van der Waals surface area contributed by atoms with Gasteiger partial charge in [0.25, 0.3) is 5.56 Å². The molecule has 1 saturated heterocycles. The quantitative estimate of drug-likeness (QED) is 0.725. The van der Waals surface area contributed by atoms with Gasteiger partial charge in [0.15, 0.2) is 0 Å². The van der Waals surface area contributed by atoms with Gasteiger partial charge in [0.2, 0.25) is 5.95 Å². The number of rotatable bonds is 3. The zero-order chi connectivity index (χ0) is 21.8. The van der Waals surface area contributed by atoms with Gasteiger partial charge >= 0.3 is 6.05 Å². The first-order chi connectivity index (χ1) is 14.9. The lowest BCUT2D eigenvalue weighted by Gasteiger charge is -2.44. The first-order valence-corrected chi connectivity index (χ1v) is 10.8. The summed E-state index contributed by atoms with van der Waals surface area (Å²) in [5.41, 5.74) is 0.372. The highest BCUT2D eigenvalue weighted by atomic mass is 19.3. The van der Waals surface area contributed by atoms with Crippen LogP contribution in [0.5, 0.6) is 0 Å². The minimum Gasteiger partial charge on any atom is -0.395 e. The third kappa shape index (κ3) is 2.86. The second-order valence-corrected chi connectivity index (χ2v) is 8.72. The maximum absolute atomic E-state index is 15.7. The Balaban J connectivity index is 1.46. The molecule has 9 heteroatoms. The van der Waals surface area contributed by atoms with Crippen LogP contribution in [-0.2, 0) is 11.8 Å². The molecule has 7 nitrogen and oxygen atoms in total. The molecule has 1 fully saturated rings. The molecule has 2 aromatic rings. The molecule has 0 saturated carbocycles. The molecule has 31 heavy (non-hydrogen) atoms. The van der Waals surface area contributed by atoms with E-state index in [1.54, 1.807) is 24.3 Å². The van der Waals surface area contributed by atoms with Crippen LogP contribution in [0.1, 0.15) is 30.4 Å². The molecule has 1 aromatic heterocycles. The van der Waals surface area contributed by atoms with E-state index in [0.29, 0.717) is 48.1 Å². The summed E-state index contributed by atoms with van der Waals surface area (Å²) in [7, 11) is 1.92. The maximum atomic E-state index is 15.7. The number of hydrogen-bond acceptors (Lipinski definition) is 6. The maximum Gasteiger partial charge on any atom is 0.335 e. The van der Waals surface area contributed by atoms with E-state index < -0.39 is 11.5 Å². The number of para-hydroxylation sites is 1. The van der Waals surface area contributed by atoms with Crippen molar-refractivity contribution in [3.05, 3.63) is 45.7 Å². The highest BCUT2D eigenvalue weighted by molar-refractivity contribution is 5.66. The van der Waals surface area contributed by atoms with Crippen molar-refractivity contribution in [2.45, 2.75) is 37.1 Å². The van der Waals surface area contributed by atoms with E-state index in [2.05, 4.69) is 9.97 Å². The van der Waals surface area contributed by atoms with Crippen molar-refractivity contribution in [2.24, 2.45) is 0 Å². The SMILES string of the molecule is CN1CCCc2c1nc(N1CCC3(CC1)c1ccccc1N(CCO)C3(F)F)[nH]c2=O. The number of nitrogens with one attached hydrogen (secondary N) is 1. The van der Waals surface area contributed by atoms with Crippen LogP contribution < -0.4 is 20.3 Å². The van der Waals surface area contributed by atoms with Gasteiger partial charge in [0.1, 0.15) is 5.82 Å². The van der Waals surface area contributed by atoms with Gasteiger partial charge in [0, 0.05) is 38.9 Å². The number of aliphatic hydroxyl groups is 1. The molecule has 0 radical (unpaired) electrons. The van der Waals surface area contributed by atoms with Crippen molar-refractivity contribution in [3.63, 3.8) is 0 Å². The molecule has 3 aliphatic rings. The van der Waals surface area contributed by atoms with Crippen molar-refractivity contribution < 1.29 is 13.9 Å². The number of nitrogens with zero attached hydrogens (tertiary/aromatic N) is 4. The number of H-pyrrole nitrogens is 1. The molecule has 0 atom stereocenters. The topological polar surface area (TPSA) is 75.7 Å². The highest BCUT2D eigenvalue weighted by Gasteiger charge is 2.64. The molecule has 2 N–H and O–H groups in total. The van der Waals surface area contributed by atoms with Gasteiger partial charge in [-0.2, -0.15) is 13.8 Å². The molecule has 4 heterocycles. The van der Waals surface area contributed by atoms with Crippen LogP contribution >= 0.6 is 0 Å². The zero-order valence-electron chi connectivity index (χ0n) is 17.6. The Bertz CT molecular complexity index is 1050. The smallest absolute Gasteiger partial charge is 0.335 e. The standard InChI is InChI=1S/C22H27F2N5O2/c1-27-10-4-5-15-18(27)25-20(26-19(15)31)28-11-8-21(9-12-28)16-6-2-3-7-17(16)29(13-14-30)22(21,23)24/h2-3,6-7,30H,4-5,8-14H2,1H3,(H,25,26,31). The predicted molar refractivity (Wildman–Crippen MR) is 115 cm³/mol. The molecule has 0 aliphatic carbocycles. The van der Waals surface area contributed by atoms with E-state index in [1.807, 2.05) is 16.8 Å². The largest absolute Gasteiger partial charge is 0.395 e. The summed E-state index contributed by atoms with van der Waals surface area (Å²) in [6.07, 6.45) is 2.08. The number of fused-ring (bicyclic) bond motifs is 3. The van der Waals surface area contributed by atoms with Gasteiger partial charge in [-0.1, -0.05) is 18.2 Å². The minimum absolute atomic E-state index is 0.110. The van der Waals surface area contributed by atoms with Crippen LogP contribution in [0.3, 0.4) is 0 Å². The summed E-state index contributed by atoms with van der Waals surface area (Å²) in [5, 5.41) is 9.38. The Morgan fingerprint density at radius 1 is 1.19 bits per heavy atom. The molecule has 166 valence electrons. The average molecular weight is 431 g/mol. The number of aliphatic hydroxyl groups excluding tert-OH is 1. The van der Waals surface area contributed by atoms with Crippen molar-refractivity contribution in [1.29, 1.82) is 0 Å². The third-order valence-corrected chi connectivity index (χ3v) is 7.13. The summed E-state index contributed by atoms with van der Waals surface area (Å²) >= 11 is 0. The van der Waals surface area contributed by atoms with Crippen molar-refractivity contribution >= 4 is 17.5 Å². The van der Waals surface area contributed by atoms with E-state index in [0.717, 1.165) is 17.9 Å². The Morgan fingerprint density at radius 3 is 2.68 bits per heavy atom. The third-order valence-electron chi connectivity index (χ3n) is 7.13. The molecular formula is C22H27F2N5O2. The Morgan fingerprint density at radius 2 is 1.94 bits per heavy atom. The van der Waals surface area contributed by atoms with E-state index in [1.165, 1.54) is 0 Å². The van der Waals surface area contributed by atoms with Gasteiger partial charge in [-0.15, -0.1) is 0 Å². The molecule has 3 aliphatic heterocycles. The number of anilines is 3. The van der Waals surface area contributed by atoms with E-state index in [-0.39, 0.29) is 31.6 Å². The van der Waals surface area contributed by atoms with Gasteiger partial charge in [-0.05, 0) is 37.3 Å². The summed E-state index contributed by atoms with van der Waals surface area (Å²) in [5.74, 6) is 1.14. The van der Waals surface area contributed by atoms with E-state index in [9.17, 15) is 9.90 Å². The molecule has 1 aromatic carbocycles. The monoisotopic (exact) mass is 431 g/mol. The molecule has 0 unspecified atom stereocenters. The number of halogens is 2. The Hall–Kier alpha value is -2.68. The molecule has 1 spiro atoms. The summed E-state index contributed by atoms with van der Waals surface area (Å²) in [4.78, 5) is 25.1. The second-order valence-electron chi connectivity index (χ2n) is 8.72. The highest BCUT2D eigenvalue weighted by Crippen LogP contribution is 2.58. The van der Waals surface area contributed by atoms with Crippen molar-refractivity contribution in [1.82, 2.24) is 9.97 Å². The minimum atomic E-state index is -3.09. The summed E-state index contributed by atoms with van der Waals surface area (Å²) < 4.78 is 31.4. The van der Waals surface area contributed by atoms with Gasteiger partial charge in [-0.25, -0.2) is 0 Å². The summed E-state index contributed by atoms with van der Waals surface area (Å²) in [6.45, 7) is 1.13. The fraction of sp³-hybridized carbons (Fsp3) is 0.545. The Kier molecular flexibility index (Phi) is 4.69. The summed E-state index contributed by atoms with van der Waals surface area (Å²) in [6, 6.07) is 3.95. The molecule has 5 rings (SSSR count). The van der Waals surface area contributed by atoms with Crippen LogP contribution in [0.25, 0.3) is 0 Å². The number of aromatic amines is 1. The normalized spacial score (nSPS) is 21.4. The van der Waals surface area contributed by atoms with Crippen LogP contribution in [0.15, 0.2) is 29.1 Å². The lowest BCUT2D eigenvalue weighted by molar-refractivity contribution is -0.0806. The van der Waals surface area contributed by atoms with E-state index >= 15 is 8.78 Å². The first kappa shape index (κ1) is 20.2. The van der Waals surface area contributed by atoms with E-state index in [4.69, 9.17) is 0 Å². The van der Waals surface area contributed by atoms with Crippen LogP contribution in [0.2, 0.25) is 0 Å². The fourth-order valence-corrected chi connectivity index (χ4v) is 5.48. The van der Waals surface area contributed by atoms with Gasteiger partial charge in [-0.3, -0.25) is 9.78 Å². The number of β-amino-alcohol motifs (C(OH)–C–C–N with tert-alkyl or cyclic N) is 1. The average Bonchev–Trinajstić information content (AvgIpc) is 2.94. The van der Waals surface area contributed by atoms with Gasteiger partial charge in [0.05, 0.1) is 17.6 Å². The van der Waals surface area contributed by atoms with Crippen LogP contribution in [0, 0.1) is 0 Å². The second kappa shape index (κ2) is 7.19. The number of piperidine rings is 1. The fourth-order valence-electron chi connectivity index (χ4n) is 5.48. The predicted octanol–water partition coefficient (Wildman–Crippen LogP) is 2.10.